The number of piperidine rings is 2. The van der Waals surface area contributed by atoms with Gasteiger partial charge >= 0.3 is 0 Å². The predicted octanol–water partition coefficient (Wildman–Crippen LogP) is 3.40. The molecule has 4 heterocycles. The maximum atomic E-state index is 12.7. The largest absolute Gasteiger partial charge is 0.478 e. The Kier molecular flexibility index (Phi) is 8.67. The van der Waals surface area contributed by atoms with Crippen molar-refractivity contribution >= 4 is 34.4 Å². The number of nitrogens with one attached hydrogen (secondary N) is 1. The summed E-state index contributed by atoms with van der Waals surface area (Å²) < 4.78 is 7.03. The van der Waals surface area contributed by atoms with Crippen molar-refractivity contribution in [2.24, 2.45) is 13.0 Å². The molecule has 0 spiro atoms. The Morgan fingerprint density at radius 3 is 2.77 bits per heavy atom. The van der Waals surface area contributed by atoms with Gasteiger partial charge in [-0.05, 0) is 68.5 Å². The maximum absolute atomic E-state index is 12.7. The second kappa shape index (κ2) is 12.3. The highest BCUT2D eigenvalue weighted by molar-refractivity contribution is 6.31. The third-order valence-electron chi connectivity index (χ3n) is 7.84. The first-order valence-corrected chi connectivity index (χ1v) is 14.2. The molecule has 1 aromatic carbocycles. The summed E-state index contributed by atoms with van der Waals surface area (Å²) in [5.41, 5.74) is 2.27. The molecule has 1 atom stereocenters. The lowest BCUT2D eigenvalue weighted by molar-refractivity contribution is -0.122. The first-order chi connectivity index (χ1) is 18.9. The second-order valence-electron chi connectivity index (χ2n) is 10.7. The van der Waals surface area contributed by atoms with Crippen molar-refractivity contribution in [3.05, 3.63) is 57.1 Å². The Morgan fingerprint density at radius 2 is 1.97 bits per heavy atom. The van der Waals surface area contributed by atoms with Gasteiger partial charge in [0.05, 0.1) is 22.4 Å². The van der Waals surface area contributed by atoms with Crippen LogP contribution in [0.25, 0.3) is 10.9 Å². The van der Waals surface area contributed by atoms with E-state index in [1.54, 1.807) is 19.3 Å². The predicted molar refractivity (Wildman–Crippen MR) is 154 cm³/mol. The summed E-state index contributed by atoms with van der Waals surface area (Å²) in [6.07, 6.45) is 8.63. The monoisotopic (exact) mass is 552 g/mol. The molecular formula is C29H37ClN6O3. The highest BCUT2D eigenvalue weighted by atomic mass is 35.5. The van der Waals surface area contributed by atoms with E-state index in [1.807, 2.05) is 18.2 Å². The van der Waals surface area contributed by atoms with E-state index in [-0.39, 0.29) is 23.8 Å². The molecule has 208 valence electrons. The number of aryl methyl sites for hydroxylation is 1. The second-order valence-corrected chi connectivity index (χ2v) is 11.1. The van der Waals surface area contributed by atoms with Gasteiger partial charge in [0.2, 0.25) is 5.95 Å². The number of pyridine rings is 1. The molecule has 2 aliphatic heterocycles. The minimum atomic E-state index is -0.299. The molecule has 0 aliphatic carbocycles. The molecule has 0 bridgehead atoms. The fraction of sp³-hybridized carbons (Fsp3) is 0.517. The number of anilines is 1. The highest BCUT2D eigenvalue weighted by Gasteiger charge is 2.25. The van der Waals surface area contributed by atoms with Crippen LogP contribution in [0.2, 0.25) is 5.02 Å². The Labute approximate surface area is 234 Å². The molecule has 0 radical (unpaired) electrons. The summed E-state index contributed by atoms with van der Waals surface area (Å²) in [6, 6.07) is 7.60. The van der Waals surface area contributed by atoms with E-state index in [0.29, 0.717) is 17.4 Å². The van der Waals surface area contributed by atoms with E-state index < -0.39 is 0 Å². The number of ether oxygens (including phenoxy) is 1. The van der Waals surface area contributed by atoms with Gasteiger partial charge < -0.3 is 24.4 Å². The molecule has 1 amide bonds. The third kappa shape index (κ3) is 6.53. The summed E-state index contributed by atoms with van der Waals surface area (Å²) in [7, 11) is 3.22. The minimum Gasteiger partial charge on any atom is -0.478 e. The SMILES string of the molecule is CNC(=O)COc1cc2cc(Cc3nc(N4CCCC(CN5CCCCC5)C4)ncc3Cl)ccc2n(C)c1=O. The number of likely N-dealkylation sites (tertiary alicyclic amines) is 1. The highest BCUT2D eigenvalue weighted by Crippen LogP contribution is 2.26. The normalized spacial score (nSPS) is 18.3. The lowest BCUT2D eigenvalue weighted by Gasteiger charge is -2.37. The number of amides is 1. The quantitative estimate of drug-likeness (QED) is 0.458. The number of carbonyl (C=O) groups is 1. The number of carbonyl (C=O) groups excluding carboxylic acids is 1. The summed E-state index contributed by atoms with van der Waals surface area (Å²) in [4.78, 5) is 38.7. The first kappa shape index (κ1) is 27.4. The smallest absolute Gasteiger partial charge is 0.293 e. The molecule has 2 fully saturated rings. The standard InChI is InChI=1S/C29H37ClN6O3/c1-31-27(37)19-39-26-15-22-13-20(8-9-25(22)34(2)28(26)38)14-24-23(30)16-32-29(33-24)36-12-6-7-21(18-36)17-35-10-4-3-5-11-35/h8-9,13,15-16,21H,3-7,10-12,14,17-19H2,1-2H3,(H,31,37). The average molecular weight is 553 g/mol. The molecule has 2 saturated heterocycles. The number of hydrogen-bond acceptors (Lipinski definition) is 7. The van der Waals surface area contributed by atoms with Crippen LogP contribution in [0.15, 0.2) is 35.3 Å². The van der Waals surface area contributed by atoms with E-state index in [4.69, 9.17) is 21.3 Å². The number of rotatable bonds is 8. The van der Waals surface area contributed by atoms with Gasteiger partial charge in [0.15, 0.2) is 12.4 Å². The van der Waals surface area contributed by atoms with Crippen LogP contribution in [0.5, 0.6) is 5.75 Å². The number of hydrogen-bond donors (Lipinski definition) is 1. The molecule has 5 rings (SSSR count). The van der Waals surface area contributed by atoms with Crippen LogP contribution in [-0.4, -0.2) is 71.7 Å². The van der Waals surface area contributed by atoms with Gasteiger partial charge in [0, 0.05) is 45.5 Å². The zero-order chi connectivity index (χ0) is 27.4. The fourth-order valence-electron chi connectivity index (χ4n) is 5.70. The van der Waals surface area contributed by atoms with Gasteiger partial charge in [-0.25, -0.2) is 9.97 Å². The maximum Gasteiger partial charge on any atom is 0.293 e. The van der Waals surface area contributed by atoms with Crippen LogP contribution in [-0.2, 0) is 18.3 Å². The molecule has 10 heteroatoms. The van der Waals surface area contributed by atoms with Gasteiger partial charge in [-0.3, -0.25) is 9.59 Å². The fourth-order valence-corrected chi connectivity index (χ4v) is 5.85. The van der Waals surface area contributed by atoms with Crippen LogP contribution in [0.1, 0.15) is 43.4 Å². The summed E-state index contributed by atoms with van der Waals surface area (Å²) in [5.74, 6) is 1.21. The zero-order valence-electron chi connectivity index (χ0n) is 22.8. The summed E-state index contributed by atoms with van der Waals surface area (Å²) in [6.45, 7) is 5.32. The van der Waals surface area contributed by atoms with E-state index in [1.165, 1.54) is 50.4 Å². The van der Waals surface area contributed by atoms with Gasteiger partial charge in [-0.1, -0.05) is 24.1 Å². The molecule has 0 saturated carbocycles. The van der Waals surface area contributed by atoms with Crippen LogP contribution < -0.4 is 20.5 Å². The first-order valence-electron chi connectivity index (χ1n) is 13.9. The zero-order valence-corrected chi connectivity index (χ0v) is 23.5. The Hall–Kier alpha value is -3.17. The Bertz CT molecular complexity index is 1390. The van der Waals surface area contributed by atoms with E-state index in [2.05, 4.69) is 20.1 Å². The Balaban J connectivity index is 1.33. The third-order valence-corrected chi connectivity index (χ3v) is 8.15. The van der Waals surface area contributed by atoms with Crippen LogP contribution >= 0.6 is 11.6 Å². The van der Waals surface area contributed by atoms with Crippen molar-refractivity contribution in [2.45, 2.75) is 38.5 Å². The van der Waals surface area contributed by atoms with Gasteiger partial charge in [0.1, 0.15) is 0 Å². The van der Waals surface area contributed by atoms with Crippen LogP contribution in [0.4, 0.5) is 5.95 Å². The minimum absolute atomic E-state index is 0.136. The molecule has 3 aromatic rings. The van der Waals surface area contributed by atoms with Gasteiger partial charge in [-0.2, -0.15) is 0 Å². The van der Waals surface area contributed by atoms with Crippen molar-refractivity contribution in [1.29, 1.82) is 0 Å². The lowest BCUT2D eigenvalue weighted by atomic mass is 9.96. The molecule has 1 N–H and O–H groups in total. The van der Waals surface area contributed by atoms with Crippen molar-refractivity contribution in [3.63, 3.8) is 0 Å². The van der Waals surface area contributed by atoms with Crippen LogP contribution in [0.3, 0.4) is 0 Å². The number of aromatic nitrogens is 3. The number of nitrogens with zero attached hydrogens (tertiary/aromatic N) is 5. The number of halogens is 1. The van der Waals surface area contributed by atoms with E-state index in [0.717, 1.165) is 54.2 Å². The lowest BCUT2D eigenvalue weighted by Crippen LogP contribution is -2.43. The molecule has 2 aliphatic rings. The Morgan fingerprint density at radius 1 is 1.15 bits per heavy atom. The number of benzene rings is 1. The van der Waals surface area contributed by atoms with Crippen molar-refractivity contribution in [2.75, 3.05) is 51.3 Å². The molecule has 2 aromatic heterocycles. The number of fused-ring (bicyclic) bond motifs is 1. The number of likely N-dealkylation sites (N-methyl/N-ethyl adjacent to an activating group) is 1. The van der Waals surface area contributed by atoms with Crippen LogP contribution in [0, 0.1) is 5.92 Å². The van der Waals surface area contributed by atoms with Crippen molar-refractivity contribution in [1.82, 2.24) is 24.8 Å². The topological polar surface area (TPSA) is 92.6 Å². The van der Waals surface area contributed by atoms with Crippen molar-refractivity contribution in [3.8, 4) is 5.75 Å². The molecule has 1 unspecified atom stereocenters. The van der Waals surface area contributed by atoms with Gasteiger partial charge in [0.25, 0.3) is 11.5 Å². The summed E-state index contributed by atoms with van der Waals surface area (Å²) >= 11 is 6.56. The van der Waals surface area contributed by atoms with Gasteiger partial charge in [-0.15, -0.1) is 0 Å². The summed E-state index contributed by atoms with van der Waals surface area (Å²) in [5, 5.41) is 3.87. The van der Waals surface area contributed by atoms with E-state index >= 15 is 0 Å². The van der Waals surface area contributed by atoms with E-state index in [9.17, 15) is 9.59 Å². The molecular weight excluding hydrogens is 516 g/mol. The average Bonchev–Trinajstić information content (AvgIpc) is 2.96. The van der Waals surface area contributed by atoms with Crippen molar-refractivity contribution < 1.29 is 9.53 Å². The molecule has 39 heavy (non-hydrogen) atoms. The molecule has 9 nitrogen and oxygen atoms in total.